The second-order valence-corrected chi connectivity index (χ2v) is 9.29. The van der Waals surface area contributed by atoms with Crippen LogP contribution in [0.15, 0.2) is 46.7 Å². The highest BCUT2D eigenvalue weighted by Crippen LogP contribution is 2.44. The van der Waals surface area contributed by atoms with Crippen molar-refractivity contribution in [3.05, 3.63) is 63.3 Å². The number of rotatable bonds is 8. The Bertz CT molecular complexity index is 1180. The van der Waals surface area contributed by atoms with Crippen LogP contribution in [0.25, 0.3) is 21.7 Å². The first-order chi connectivity index (χ1) is 15.4. The zero-order valence-corrected chi connectivity index (χ0v) is 19.3. The number of benzene rings is 1. The number of fused-ring (bicyclic) bond motifs is 3. The Morgan fingerprint density at radius 1 is 1.25 bits per heavy atom. The first-order valence-electron chi connectivity index (χ1n) is 10.7. The smallest absolute Gasteiger partial charge is 0.341 e. The number of thiophene rings is 1. The normalized spacial score (nSPS) is 14.8. The van der Waals surface area contributed by atoms with Crippen LogP contribution in [0.4, 0.5) is 0 Å². The maximum absolute atomic E-state index is 12.6. The second-order valence-electron chi connectivity index (χ2n) is 8.34. The summed E-state index contributed by atoms with van der Waals surface area (Å²) in [5.74, 6) is -0.116. The van der Waals surface area contributed by atoms with Gasteiger partial charge in [0, 0.05) is 54.4 Å². The Labute approximate surface area is 191 Å². The summed E-state index contributed by atoms with van der Waals surface area (Å²) in [6.45, 7) is 5.41. The van der Waals surface area contributed by atoms with Crippen molar-refractivity contribution in [3.8, 4) is 27.4 Å². The topological polar surface area (TPSA) is 77.8 Å². The fourth-order valence-corrected chi connectivity index (χ4v) is 4.99. The summed E-state index contributed by atoms with van der Waals surface area (Å²) >= 11 is 1.63. The maximum Gasteiger partial charge on any atom is 0.341 e. The molecule has 1 aliphatic heterocycles. The largest absolute Gasteiger partial charge is 0.493 e. The molecule has 1 atom stereocenters. The van der Waals surface area contributed by atoms with Gasteiger partial charge >= 0.3 is 5.97 Å². The summed E-state index contributed by atoms with van der Waals surface area (Å²) in [6.07, 6.45) is 3.04. The average Bonchev–Trinajstić information content (AvgIpc) is 3.29. The number of aromatic nitrogens is 1. The predicted molar refractivity (Wildman–Crippen MR) is 126 cm³/mol. The van der Waals surface area contributed by atoms with Gasteiger partial charge < -0.3 is 19.1 Å². The van der Waals surface area contributed by atoms with Gasteiger partial charge in [0.2, 0.25) is 0 Å². The van der Waals surface area contributed by atoms with Crippen molar-refractivity contribution < 1.29 is 19.4 Å². The van der Waals surface area contributed by atoms with Crippen molar-refractivity contribution in [1.29, 1.82) is 0 Å². The number of pyridine rings is 1. The van der Waals surface area contributed by atoms with Crippen LogP contribution < -0.4 is 10.2 Å². The molecular formula is C25H27NO5S. The molecule has 1 aromatic carbocycles. The fraction of sp³-hybridized carbons (Fsp3) is 0.360. The molecule has 0 spiro atoms. The molecule has 3 heterocycles. The van der Waals surface area contributed by atoms with E-state index in [1.54, 1.807) is 18.4 Å². The van der Waals surface area contributed by atoms with Gasteiger partial charge in [0.25, 0.3) is 0 Å². The number of carboxylic acids is 1. The van der Waals surface area contributed by atoms with E-state index in [-0.39, 0.29) is 17.5 Å². The molecule has 0 saturated carbocycles. The van der Waals surface area contributed by atoms with Crippen LogP contribution in [0.1, 0.15) is 42.2 Å². The molecule has 7 heteroatoms. The zero-order chi connectivity index (χ0) is 22.8. The number of methoxy groups -OCH3 is 1. The summed E-state index contributed by atoms with van der Waals surface area (Å²) in [6, 6.07) is 9.73. The molecule has 1 unspecified atom stereocenters. The third-order valence-corrected chi connectivity index (χ3v) is 6.79. The Hall–Kier alpha value is -2.90. The minimum atomic E-state index is -1.20. The van der Waals surface area contributed by atoms with E-state index in [9.17, 15) is 14.7 Å². The number of ether oxygens (including phenoxy) is 2. The van der Waals surface area contributed by atoms with Gasteiger partial charge in [-0.15, -0.1) is 11.3 Å². The molecule has 1 aliphatic rings. The quantitative estimate of drug-likeness (QED) is 0.480. The lowest BCUT2D eigenvalue weighted by atomic mass is 9.86. The van der Waals surface area contributed by atoms with Gasteiger partial charge in [0.1, 0.15) is 11.3 Å². The van der Waals surface area contributed by atoms with Gasteiger partial charge in [-0.3, -0.25) is 4.79 Å². The fourth-order valence-electron chi connectivity index (χ4n) is 4.24. The Kier molecular flexibility index (Phi) is 6.48. The molecule has 3 aromatic rings. The van der Waals surface area contributed by atoms with Gasteiger partial charge in [-0.05, 0) is 41.5 Å². The van der Waals surface area contributed by atoms with Gasteiger partial charge in [-0.1, -0.05) is 19.9 Å². The monoisotopic (exact) mass is 453 g/mol. The van der Waals surface area contributed by atoms with Crippen LogP contribution in [0, 0.1) is 5.92 Å². The van der Waals surface area contributed by atoms with Crippen LogP contribution in [0.2, 0.25) is 0 Å². The highest BCUT2D eigenvalue weighted by Gasteiger charge is 2.29. The Morgan fingerprint density at radius 2 is 2.06 bits per heavy atom. The average molecular weight is 454 g/mol. The van der Waals surface area contributed by atoms with Crippen LogP contribution in [-0.4, -0.2) is 36.0 Å². The maximum atomic E-state index is 12.6. The molecule has 32 heavy (non-hydrogen) atoms. The van der Waals surface area contributed by atoms with E-state index < -0.39 is 11.4 Å². The van der Waals surface area contributed by atoms with E-state index in [0.29, 0.717) is 13.2 Å². The molecule has 4 rings (SSSR count). The summed E-state index contributed by atoms with van der Waals surface area (Å²) in [4.78, 5) is 25.2. The van der Waals surface area contributed by atoms with Gasteiger partial charge in [0.05, 0.1) is 12.3 Å². The van der Waals surface area contributed by atoms with E-state index in [4.69, 9.17) is 9.47 Å². The van der Waals surface area contributed by atoms with Gasteiger partial charge in [-0.25, -0.2) is 4.79 Å². The molecule has 0 bridgehead atoms. The van der Waals surface area contributed by atoms with E-state index >= 15 is 0 Å². The molecule has 0 aliphatic carbocycles. The predicted octanol–water partition coefficient (Wildman–Crippen LogP) is 5.11. The lowest BCUT2D eigenvalue weighted by Crippen LogP contribution is -2.28. The van der Waals surface area contributed by atoms with Crippen molar-refractivity contribution in [2.75, 3.05) is 20.3 Å². The van der Waals surface area contributed by atoms with E-state index in [1.807, 2.05) is 16.0 Å². The summed E-state index contributed by atoms with van der Waals surface area (Å²) < 4.78 is 13.3. The van der Waals surface area contributed by atoms with Crippen LogP contribution >= 0.6 is 11.3 Å². The van der Waals surface area contributed by atoms with Crippen LogP contribution in [0.5, 0.6) is 5.75 Å². The van der Waals surface area contributed by atoms with Crippen LogP contribution in [-0.2, 0) is 11.2 Å². The van der Waals surface area contributed by atoms with Crippen molar-refractivity contribution in [2.24, 2.45) is 5.92 Å². The number of nitrogens with zero attached hydrogens (tertiary/aromatic N) is 1. The highest BCUT2D eigenvalue weighted by molar-refractivity contribution is 7.13. The second kappa shape index (κ2) is 9.30. The van der Waals surface area contributed by atoms with Gasteiger partial charge in [0.15, 0.2) is 5.43 Å². The summed E-state index contributed by atoms with van der Waals surface area (Å²) in [7, 11) is 1.68. The third-order valence-electron chi connectivity index (χ3n) is 5.88. The molecule has 6 nitrogen and oxygen atoms in total. The Morgan fingerprint density at radius 3 is 2.72 bits per heavy atom. The lowest BCUT2D eigenvalue weighted by Gasteiger charge is -2.34. The number of carboxylic acid groups (broad SMARTS) is 1. The number of carbonyl (C=O) groups is 1. The summed E-state index contributed by atoms with van der Waals surface area (Å²) in [5.41, 5.74) is 3.11. The SMILES string of the molecule is COCCCOc1cc2c(cc1-c1cccs1)-c1cc(=O)c(C(=O)O)cn1C(C(C)C)C2. The molecular weight excluding hydrogens is 426 g/mol. The van der Waals surface area contributed by atoms with Crippen molar-refractivity contribution >= 4 is 17.3 Å². The zero-order valence-electron chi connectivity index (χ0n) is 18.5. The first kappa shape index (κ1) is 22.3. The molecule has 0 radical (unpaired) electrons. The first-order valence-corrected chi connectivity index (χ1v) is 11.6. The molecule has 168 valence electrons. The van der Waals surface area contributed by atoms with E-state index in [0.717, 1.165) is 45.9 Å². The standard InChI is InChI=1S/C25H27NO5S/c1-15(2)20-10-16-11-23(31-8-5-7-30-3)18(24-6-4-9-32-24)12-17(16)21-13-22(27)19(25(28)29)14-26(20)21/h4,6,9,11-15,20H,5,7-8,10H2,1-3H3,(H,28,29). The minimum Gasteiger partial charge on any atom is -0.493 e. The van der Waals surface area contributed by atoms with E-state index in [1.165, 1.54) is 12.3 Å². The van der Waals surface area contributed by atoms with Crippen LogP contribution in [0.3, 0.4) is 0 Å². The van der Waals surface area contributed by atoms with Gasteiger partial charge in [-0.2, -0.15) is 0 Å². The minimum absolute atomic E-state index is 0.0464. The lowest BCUT2D eigenvalue weighted by molar-refractivity contribution is 0.0694. The third kappa shape index (κ3) is 4.23. The van der Waals surface area contributed by atoms with Crippen molar-refractivity contribution in [1.82, 2.24) is 4.57 Å². The number of hydrogen-bond acceptors (Lipinski definition) is 5. The molecule has 0 amide bonds. The Balaban J connectivity index is 1.88. The number of hydrogen-bond donors (Lipinski definition) is 1. The summed E-state index contributed by atoms with van der Waals surface area (Å²) in [5, 5.41) is 11.5. The number of aromatic carboxylic acids is 1. The molecule has 2 aromatic heterocycles. The van der Waals surface area contributed by atoms with Crippen molar-refractivity contribution in [2.45, 2.75) is 32.7 Å². The highest BCUT2D eigenvalue weighted by atomic mass is 32.1. The molecule has 0 fully saturated rings. The molecule has 1 N–H and O–H groups in total. The van der Waals surface area contributed by atoms with Crippen molar-refractivity contribution in [3.63, 3.8) is 0 Å². The molecule has 0 saturated heterocycles. The van der Waals surface area contributed by atoms with E-state index in [2.05, 4.69) is 32.0 Å².